The molecule has 2 aliphatic heterocycles. The number of oxime groups is 1. The van der Waals surface area contributed by atoms with Gasteiger partial charge in [-0.2, -0.15) is 4.31 Å². The zero-order valence-electron chi connectivity index (χ0n) is 17.9. The molecule has 4 rings (SSSR count). The molecule has 0 spiro atoms. The van der Waals surface area contributed by atoms with Crippen molar-refractivity contribution in [2.45, 2.75) is 17.4 Å². The number of nitrogens with zero attached hydrogens (tertiary/aromatic N) is 3. The summed E-state index contributed by atoms with van der Waals surface area (Å²) >= 11 is 0. The summed E-state index contributed by atoms with van der Waals surface area (Å²) in [5, 5.41) is 3.80. The van der Waals surface area contributed by atoms with Crippen molar-refractivity contribution >= 4 is 27.6 Å². The molecule has 0 saturated carbocycles. The summed E-state index contributed by atoms with van der Waals surface area (Å²) < 4.78 is 58.1. The molecule has 1 atom stereocenters. The Morgan fingerprint density at radius 3 is 2.41 bits per heavy atom. The Labute approximate surface area is 194 Å². The molecule has 2 heterocycles. The Hall–Kier alpha value is -3.38. The van der Waals surface area contributed by atoms with Crippen molar-refractivity contribution in [1.82, 2.24) is 9.21 Å². The molecule has 1 unspecified atom stereocenters. The monoisotopic (exact) mass is 493 g/mol. The molecule has 0 aromatic heterocycles. The SMILES string of the molecule is O=C(OCC(=O)N1CCN(S(=O)(=O)c2ccc(F)cc2)CC1)C1CC(c2cccc(F)c2)=NO1. The first-order valence-corrected chi connectivity index (χ1v) is 11.9. The van der Waals surface area contributed by atoms with Gasteiger partial charge in [0, 0.05) is 38.2 Å². The van der Waals surface area contributed by atoms with Crippen LogP contribution in [0, 0.1) is 11.6 Å². The summed E-state index contributed by atoms with van der Waals surface area (Å²) in [4.78, 5) is 31.1. The second-order valence-electron chi connectivity index (χ2n) is 7.69. The van der Waals surface area contributed by atoms with E-state index < -0.39 is 46.2 Å². The Morgan fingerprint density at radius 1 is 1.03 bits per heavy atom. The molecule has 0 aliphatic carbocycles. The van der Waals surface area contributed by atoms with Crippen LogP contribution in [-0.4, -0.2) is 74.1 Å². The van der Waals surface area contributed by atoms with E-state index in [1.54, 1.807) is 6.07 Å². The lowest BCUT2D eigenvalue weighted by Gasteiger charge is -2.33. The van der Waals surface area contributed by atoms with Crippen molar-refractivity contribution in [3.63, 3.8) is 0 Å². The molecule has 34 heavy (non-hydrogen) atoms. The van der Waals surface area contributed by atoms with E-state index in [-0.39, 0.29) is 37.5 Å². The standard InChI is InChI=1S/C22H21F2N3O6S/c23-16-4-6-18(7-5-16)34(30,31)27-10-8-26(9-11-27)21(28)14-32-22(29)20-13-19(25-33-20)15-2-1-3-17(24)12-15/h1-7,12,20H,8-11,13-14H2. The fraction of sp³-hybridized carbons (Fsp3) is 0.318. The van der Waals surface area contributed by atoms with Gasteiger partial charge in [0.2, 0.25) is 16.1 Å². The zero-order chi connectivity index (χ0) is 24.3. The molecule has 0 radical (unpaired) electrons. The van der Waals surface area contributed by atoms with Gasteiger partial charge in [-0.25, -0.2) is 22.0 Å². The number of esters is 1. The van der Waals surface area contributed by atoms with Crippen LogP contribution >= 0.6 is 0 Å². The third-order valence-electron chi connectivity index (χ3n) is 5.47. The van der Waals surface area contributed by atoms with Gasteiger partial charge in [0.15, 0.2) is 6.61 Å². The molecule has 2 aromatic rings. The Morgan fingerprint density at radius 2 is 1.74 bits per heavy atom. The maximum atomic E-state index is 13.4. The number of carbonyl (C=O) groups excluding carboxylic acids is 2. The molecule has 2 aromatic carbocycles. The number of piperazine rings is 1. The maximum absolute atomic E-state index is 13.4. The second kappa shape index (κ2) is 9.85. The fourth-order valence-corrected chi connectivity index (χ4v) is 5.02. The number of ether oxygens (including phenoxy) is 1. The third-order valence-corrected chi connectivity index (χ3v) is 7.38. The van der Waals surface area contributed by atoms with Gasteiger partial charge in [0.05, 0.1) is 10.6 Å². The minimum atomic E-state index is -3.81. The molecular weight excluding hydrogens is 472 g/mol. The fourth-order valence-electron chi connectivity index (χ4n) is 3.59. The zero-order valence-corrected chi connectivity index (χ0v) is 18.7. The molecule has 1 fully saturated rings. The first-order chi connectivity index (χ1) is 16.2. The topological polar surface area (TPSA) is 106 Å². The molecule has 12 heteroatoms. The summed E-state index contributed by atoms with van der Waals surface area (Å²) in [6.45, 7) is -0.197. The first-order valence-electron chi connectivity index (χ1n) is 10.4. The van der Waals surface area contributed by atoms with E-state index in [0.717, 1.165) is 12.1 Å². The lowest BCUT2D eigenvalue weighted by atomic mass is 10.1. The van der Waals surface area contributed by atoms with Crippen molar-refractivity contribution in [2.24, 2.45) is 5.16 Å². The molecule has 2 aliphatic rings. The van der Waals surface area contributed by atoms with Crippen LogP contribution in [0.1, 0.15) is 12.0 Å². The molecule has 0 bridgehead atoms. The van der Waals surface area contributed by atoms with Gasteiger partial charge in [0.25, 0.3) is 5.91 Å². The molecule has 0 N–H and O–H groups in total. The highest BCUT2D eigenvalue weighted by Crippen LogP contribution is 2.20. The summed E-state index contributed by atoms with van der Waals surface area (Å²) in [7, 11) is -3.81. The highest BCUT2D eigenvalue weighted by Gasteiger charge is 2.33. The summed E-state index contributed by atoms with van der Waals surface area (Å²) in [5.41, 5.74) is 0.881. The number of halogens is 2. The first kappa shape index (κ1) is 23.8. The smallest absolute Gasteiger partial charge is 0.351 e. The number of carbonyl (C=O) groups is 2. The normalized spacial score (nSPS) is 18.8. The van der Waals surface area contributed by atoms with Gasteiger partial charge < -0.3 is 14.5 Å². The number of benzene rings is 2. The lowest BCUT2D eigenvalue weighted by molar-refractivity contribution is -0.161. The van der Waals surface area contributed by atoms with E-state index in [1.165, 1.54) is 39.5 Å². The van der Waals surface area contributed by atoms with Crippen LogP contribution in [0.4, 0.5) is 8.78 Å². The van der Waals surface area contributed by atoms with Crippen LogP contribution in [0.3, 0.4) is 0 Å². The van der Waals surface area contributed by atoms with E-state index >= 15 is 0 Å². The number of hydrogen-bond acceptors (Lipinski definition) is 7. The lowest BCUT2D eigenvalue weighted by Crippen LogP contribution is -2.51. The second-order valence-corrected chi connectivity index (χ2v) is 9.63. The average molecular weight is 493 g/mol. The van der Waals surface area contributed by atoms with Gasteiger partial charge in [-0.3, -0.25) is 4.79 Å². The third kappa shape index (κ3) is 5.23. The van der Waals surface area contributed by atoms with Gasteiger partial charge in [-0.15, -0.1) is 0 Å². The van der Waals surface area contributed by atoms with Crippen molar-refractivity contribution in [2.75, 3.05) is 32.8 Å². The van der Waals surface area contributed by atoms with E-state index in [4.69, 9.17) is 9.57 Å². The highest BCUT2D eigenvalue weighted by molar-refractivity contribution is 7.89. The number of amides is 1. The van der Waals surface area contributed by atoms with Crippen molar-refractivity contribution in [1.29, 1.82) is 0 Å². The molecule has 1 amide bonds. The van der Waals surface area contributed by atoms with E-state index in [1.807, 2.05) is 0 Å². The molecule has 1 saturated heterocycles. The van der Waals surface area contributed by atoms with Crippen LogP contribution in [0.5, 0.6) is 0 Å². The summed E-state index contributed by atoms with van der Waals surface area (Å²) in [6, 6.07) is 10.2. The van der Waals surface area contributed by atoms with Gasteiger partial charge >= 0.3 is 5.97 Å². The average Bonchev–Trinajstić information content (AvgIpc) is 3.33. The summed E-state index contributed by atoms with van der Waals surface area (Å²) in [5.74, 6) is -2.23. The van der Waals surface area contributed by atoms with Crippen LogP contribution in [0.15, 0.2) is 58.6 Å². The molecule has 9 nitrogen and oxygen atoms in total. The number of hydrogen-bond donors (Lipinski definition) is 0. The van der Waals surface area contributed by atoms with Gasteiger partial charge in [0.1, 0.15) is 11.6 Å². The van der Waals surface area contributed by atoms with Gasteiger partial charge in [-0.1, -0.05) is 17.3 Å². The van der Waals surface area contributed by atoms with Crippen molar-refractivity contribution in [3.8, 4) is 0 Å². The van der Waals surface area contributed by atoms with Crippen LogP contribution < -0.4 is 0 Å². The van der Waals surface area contributed by atoms with Crippen molar-refractivity contribution in [3.05, 3.63) is 65.7 Å². The van der Waals surface area contributed by atoms with Crippen LogP contribution in [0.25, 0.3) is 0 Å². The predicted octanol–water partition coefficient (Wildman–Crippen LogP) is 1.53. The Kier molecular flexibility index (Phi) is 6.89. The summed E-state index contributed by atoms with van der Waals surface area (Å²) in [6.07, 6.45) is -0.958. The largest absolute Gasteiger partial charge is 0.453 e. The predicted molar refractivity (Wildman–Crippen MR) is 115 cm³/mol. The minimum Gasteiger partial charge on any atom is -0.453 e. The van der Waals surface area contributed by atoms with Crippen LogP contribution in [0.2, 0.25) is 0 Å². The van der Waals surface area contributed by atoms with Gasteiger partial charge in [-0.05, 0) is 36.4 Å². The highest BCUT2D eigenvalue weighted by atomic mass is 32.2. The maximum Gasteiger partial charge on any atom is 0.351 e. The number of sulfonamides is 1. The van der Waals surface area contributed by atoms with E-state index in [0.29, 0.717) is 11.3 Å². The van der Waals surface area contributed by atoms with Crippen LogP contribution in [-0.2, 0) is 29.2 Å². The Bertz CT molecular complexity index is 1210. The molecular formula is C22H21F2N3O6S. The quantitative estimate of drug-likeness (QED) is 0.566. The minimum absolute atomic E-state index is 0.0287. The van der Waals surface area contributed by atoms with E-state index in [9.17, 15) is 26.8 Å². The van der Waals surface area contributed by atoms with E-state index in [2.05, 4.69) is 5.16 Å². The molecule has 180 valence electrons. The van der Waals surface area contributed by atoms with Crippen molar-refractivity contribution < 1.29 is 36.4 Å². The number of rotatable bonds is 6. The Balaban J connectivity index is 1.24.